The summed E-state index contributed by atoms with van der Waals surface area (Å²) in [5, 5.41) is 2.32. The van der Waals surface area contributed by atoms with Crippen molar-refractivity contribution >= 4 is 11.8 Å². The molecule has 2 amide bonds. The Morgan fingerprint density at radius 2 is 2.10 bits per heavy atom. The lowest BCUT2D eigenvalue weighted by atomic mass is 10.2. The van der Waals surface area contributed by atoms with E-state index in [0.717, 1.165) is 0 Å². The number of hydrogen-bond acceptors (Lipinski definition) is 3. The van der Waals surface area contributed by atoms with Crippen LogP contribution in [0.25, 0.3) is 0 Å². The van der Waals surface area contributed by atoms with E-state index >= 15 is 0 Å². The fourth-order valence-electron chi connectivity index (χ4n) is 0.402. The van der Waals surface area contributed by atoms with Gasteiger partial charge < -0.3 is 16.8 Å². The van der Waals surface area contributed by atoms with E-state index in [9.17, 15) is 9.59 Å². The van der Waals surface area contributed by atoms with Crippen molar-refractivity contribution in [3.63, 3.8) is 0 Å². The summed E-state index contributed by atoms with van der Waals surface area (Å²) in [6, 6.07) is -0.875. The number of rotatable bonds is 3. The Morgan fingerprint density at radius 1 is 1.60 bits per heavy atom. The predicted octanol–water partition coefficient (Wildman–Crippen LogP) is -2.06. The van der Waals surface area contributed by atoms with Crippen molar-refractivity contribution in [1.82, 2.24) is 5.32 Å². The molecule has 0 aliphatic heterocycles. The Labute approximate surface area is 58.8 Å². The zero-order valence-electron chi connectivity index (χ0n) is 5.76. The third-order valence-electron chi connectivity index (χ3n) is 1.05. The lowest BCUT2D eigenvalue weighted by Gasteiger charge is -2.04. The van der Waals surface area contributed by atoms with Crippen LogP contribution in [0.2, 0.25) is 0 Å². The monoisotopic (exact) mass is 145 g/mol. The first-order chi connectivity index (χ1) is 4.57. The van der Waals surface area contributed by atoms with Gasteiger partial charge in [-0.05, 0) is 0 Å². The van der Waals surface area contributed by atoms with Gasteiger partial charge in [-0.15, -0.1) is 0 Å². The van der Waals surface area contributed by atoms with E-state index in [1.165, 1.54) is 7.05 Å². The standard InChI is InChI=1S/C5H11N3O2/c1-8-4(9)2-3(6)5(7)10/h3H,2,6H2,1H3,(H2,7,10)(H,8,9)/t3-/m0/s1. The summed E-state index contributed by atoms with van der Waals surface area (Å²) >= 11 is 0. The fraction of sp³-hybridized carbons (Fsp3) is 0.600. The molecule has 10 heavy (non-hydrogen) atoms. The predicted molar refractivity (Wildman–Crippen MR) is 35.9 cm³/mol. The molecule has 0 aromatic carbocycles. The number of carbonyl (C=O) groups is 2. The molecule has 0 aliphatic carbocycles. The van der Waals surface area contributed by atoms with E-state index in [4.69, 9.17) is 11.5 Å². The molecule has 5 N–H and O–H groups in total. The molecule has 58 valence electrons. The van der Waals surface area contributed by atoms with Crippen molar-refractivity contribution in [3.05, 3.63) is 0 Å². The molecule has 0 aromatic heterocycles. The van der Waals surface area contributed by atoms with Crippen LogP contribution in [0.4, 0.5) is 0 Å². The van der Waals surface area contributed by atoms with Crippen molar-refractivity contribution < 1.29 is 9.59 Å². The van der Waals surface area contributed by atoms with Crippen molar-refractivity contribution in [1.29, 1.82) is 0 Å². The summed E-state index contributed by atoms with van der Waals surface area (Å²) in [6.07, 6.45) is -0.0498. The summed E-state index contributed by atoms with van der Waals surface area (Å²) in [4.78, 5) is 20.8. The second-order valence-corrected chi connectivity index (χ2v) is 1.89. The highest BCUT2D eigenvalue weighted by atomic mass is 16.2. The summed E-state index contributed by atoms with van der Waals surface area (Å²) in [5.41, 5.74) is 9.95. The number of carbonyl (C=O) groups excluding carboxylic acids is 2. The maximum atomic E-state index is 10.5. The lowest BCUT2D eigenvalue weighted by molar-refractivity contribution is -0.125. The Morgan fingerprint density at radius 3 is 2.40 bits per heavy atom. The third kappa shape index (κ3) is 3.03. The van der Waals surface area contributed by atoms with Gasteiger partial charge in [-0.25, -0.2) is 0 Å². The van der Waals surface area contributed by atoms with Crippen LogP contribution in [0.15, 0.2) is 0 Å². The van der Waals surface area contributed by atoms with Gasteiger partial charge in [-0.1, -0.05) is 0 Å². The molecule has 0 spiro atoms. The minimum Gasteiger partial charge on any atom is -0.368 e. The zero-order valence-corrected chi connectivity index (χ0v) is 5.76. The van der Waals surface area contributed by atoms with Crippen LogP contribution in [0.1, 0.15) is 6.42 Å². The minimum absolute atomic E-state index is 0.0498. The van der Waals surface area contributed by atoms with Gasteiger partial charge >= 0.3 is 0 Å². The van der Waals surface area contributed by atoms with Gasteiger partial charge in [0.1, 0.15) is 0 Å². The Kier molecular flexibility index (Phi) is 3.42. The van der Waals surface area contributed by atoms with Gasteiger partial charge in [0.05, 0.1) is 12.5 Å². The van der Waals surface area contributed by atoms with Gasteiger partial charge in [0, 0.05) is 7.05 Å². The largest absolute Gasteiger partial charge is 0.368 e. The lowest BCUT2D eigenvalue weighted by Crippen LogP contribution is -2.40. The minimum atomic E-state index is -0.875. The number of amides is 2. The Bertz CT molecular complexity index is 146. The number of hydrogen-bond donors (Lipinski definition) is 3. The first kappa shape index (κ1) is 8.90. The SMILES string of the molecule is CNC(=O)C[C@H](N)C(N)=O. The zero-order chi connectivity index (χ0) is 8.15. The normalized spacial score (nSPS) is 12.2. The van der Waals surface area contributed by atoms with Crippen LogP contribution >= 0.6 is 0 Å². The summed E-state index contributed by atoms with van der Waals surface area (Å²) in [5.74, 6) is -0.949. The summed E-state index contributed by atoms with van der Waals surface area (Å²) in [6.45, 7) is 0. The molecule has 0 bridgehead atoms. The molecule has 0 unspecified atom stereocenters. The van der Waals surface area contributed by atoms with Crippen molar-refractivity contribution in [3.8, 4) is 0 Å². The number of nitrogens with two attached hydrogens (primary N) is 2. The summed E-state index contributed by atoms with van der Waals surface area (Å²) in [7, 11) is 1.47. The second kappa shape index (κ2) is 3.84. The number of nitrogens with one attached hydrogen (secondary N) is 1. The molecule has 0 aliphatic rings. The van der Waals surface area contributed by atoms with Crippen LogP contribution < -0.4 is 16.8 Å². The average molecular weight is 145 g/mol. The quantitative estimate of drug-likeness (QED) is 0.425. The highest BCUT2D eigenvalue weighted by Gasteiger charge is 2.12. The van der Waals surface area contributed by atoms with Gasteiger partial charge in [0.25, 0.3) is 0 Å². The molecule has 0 radical (unpaired) electrons. The van der Waals surface area contributed by atoms with Gasteiger partial charge in [-0.2, -0.15) is 0 Å². The van der Waals surface area contributed by atoms with E-state index in [0.29, 0.717) is 0 Å². The molecule has 5 nitrogen and oxygen atoms in total. The number of primary amides is 1. The molecule has 0 heterocycles. The van der Waals surface area contributed by atoms with Gasteiger partial charge in [-0.3, -0.25) is 9.59 Å². The first-order valence-electron chi connectivity index (χ1n) is 2.83. The molecule has 0 rings (SSSR count). The maximum Gasteiger partial charge on any atom is 0.234 e. The highest BCUT2D eigenvalue weighted by Crippen LogP contribution is 1.84. The van der Waals surface area contributed by atoms with E-state index in [1.807, 2.05) is 0 Å². The fourth-order valence-corrected chi connectivity index (χ4v) is 0.402. The van der Waals surface area contributed by atoms with Crippen LogP contribution in [0.5, 0.6) is 0 Å². The van der Waals surface area contributed by atoms with Gasteiger partial charge in [0.15, 0.2) is 0 Å². The van der Waals surface area contributed by atoms with E-state index in [-0.39, 0.29) is 12.3 Å². The molecular formula is C5H11N3O2. The highest BCUT2D eigenvalue weighted by molar-refractivity contribution is 5.86. The van der Waals surface area contributed by atoms with Gasteiger partial charge in [0.2, 0.25) is 11.8 Å². The molecule has 0 aromatic rings. The van der Waals surface area contributed by atoms with Crippen LogP contribution in [-0.4, -0.2) is 24.9 Å². The maximum absolute atomic E-state index is 10.5. The third-order valence-corrected chi connectivity index (χ3v) is 1.05. The molecule has 0 saturated heterocycles. The van der Waals surface area contributed by atoms with Crippen LogP contribution in [-0.2, 0) is 9.59 Å². The van der Waals surface area contributed by atoms with E-state index < -0.39 is 11.9 Å². The molecule has 0 fully saturated rings. The molecule has 0 saturated carbocycles. The molecule has 1 atom stereocenters. The molecule has 5 heteroatoms. The van der Waals surface area contributed by atoms with Crippen LogP contribution in [0, 0.1) is 0 Å². The molecular weight excluding hydrogens is 134 g/mol. The van der Waals surface area contributed by atoms with Crippen molar-refractivity contribution in [2.45, 2.75) is 12.5 Å². The van der Waals surface area contributed by atoms with E-state index in [1.54, 1.807) is 0 Å². The first-order valence-corrected chi connectivity index (χ1v) is 2.83. The van der Waals surface area contributed by atoms with E-state index in [2.05, 4.69) is 5.32 Å². The Hall–Kier alpha value is -1.10. The second-order valence-electron chi connectivity index (χ2n) is 1.89. The van der Waals surface area contributed by atoms with Crippen LogP contribution in [0.3, 0.4) is 0 Å². The summed E-state index contributed by atoms with van der Waals surface area (Å²) < 4.78 is 0. The average Bonchev–Trinajstić information content (AvgIpc) is 1.87. The van der Waals surface area contributed by atoms with Crippen molar-refractivity contribution in [2.24, 2.45) is 11.5 Å². The Balaban J connectivity index is 3.68. The smallest absolute Gasteiger partial charge is 0.234 e. The topological polar surface area (TPSA) is 98.2 Å². The van der Waals surface area contributed by atoms with Crippen molar-refractivity contribution in [2.75, 3.05) is 7.05 Å².